The molecule has 0 radical (unpaired) electrons. The van der Waals surface area contributed by atoms with Gasteiger partial charge in [-0.15, -0.1) is 0 Å². The third-order valence-electron chi connectivity index (χ3n) is 3.51. The van der Waals surface area contributed by atoms with Crippen LogP contribution in [0.3, 0.4) is 0 Å². The Labute approximate surface area is 105 Å². The van der Waals surface area contributed by atoms with E-state index >= 15 is 0 Å². The van der Waals surface area contributed by atoms with Gasteiger partial charge in [-0.3, -0.25) is 4.79 Å². The number of halogens is 3. The van der Waals surface area contributed by atoms with Crippen molar-refractivity contribution in [1.82, 2.24) is 5.32 Å². The first-order valence-corrected chi connectivity index (χ1v) is 6.07. The van der Waals surface area contributed by atoms with Gasteiger partial charge in [0.2, 0.25) is 5.91 Å². The predicted octanol–water partition coefficient (Wildman–Crippen LogP) is 2.39. The topological polar surface area (TPSA) is 49.3 Å². The fourth-order valence-electron chi connectivity index (χ4n) is 2.08. The molecule has 0 unspecified atom stereocenters. The van der Waals surface area contributed by atoms with Crippen molar-refractivity contribution in [2.24, 2.45) is 5.41 Å². The minimum atomic E-state index is -4.50. The molecule has 0 aliphatic heterocycles. The maximum atomic E-state index is 11.9. The summed E-state index contributed by atoms with van der Waals surface area (Å²) in [5, 5.41) is 12.3. The lowest BCUT2D eigenvalue weighted by Crippen LogP contribution is -2.47. The lowest BCUT2D eigenvalue weighted by Gasteiger charge is -2.40. The summed E-state index contributed by atoms with van der Waals surface area (Å²) < 4.78 is 35.8. The number of hydrogen-bond acceptors (Lipinski definition) is 2. The van der Waals surface area contributed by atoms with Crippen LogP contribution in [-0.2, 0) is 4.79 Å². The summed E-state index contributed by atoms with van der Waals surface area (Å²) in [5.74, 6) is -1.08. The first-order chi connectivity index (χ1) is 8.02. The van der Waals surface area contributed by atoms with Crippen LogP contribution in [-0.4, -0.2) is 29.3 Å². The van der Waals surface area contributed by atoms with Gasteiger partial charge in [0.1, 0.15) is 6.42 Å². The lowest BCUT2D eigenvalue weighted by atomic mass is 9.71. The molecule has 1 amide bonds. The number of aliphatic hydroxyl groups is 1. The molecule has 0 spiro atoms. The van der Waals surface area contributed by atoms with Crippen molar-refractivity contribution in [3.8, 4) is 0 Å². The van der Waals surface area contributed by atoms with Gasteiger partial charge in [-0.05, 0) is 31.1 Å². The van der Waals surface area contributed by atoms with Gasteiger partial charge in [-0.2, -0.15) is 13.2 Å². The van der Waals surface area contributed by atoms with Gasteiger partial charge in [0.15, 0.2) is 0 Å². The van der Waals surface area contributed by atoms with E-state index in [1.165, 1.54) is 0 Å². The molecular weight excluding hydrogens is 247 g/mol. The zero-order valence-electron chi connectivity index (χ0n) is 10.7. The lowest BCUT2D eigenvalue weighted by molar-refractivity contribution is -0.154. The Kier molecular flexibility index (Phi) is 4.30. The average molecular weight is 267 g/mol. The molecule has 0 saturated heterocycles. The fraction of sp³-hybridized carbons (Fsp3) is 0.917. The van der Waals surface area contributed by atoms with Gasteiger partial charge in [0.05, 0.1) is 5.60 Å². The van der Waals surface area contributed by atoms with E-state index < -0.39 is 24.1 Å². The van der Waals surface area contributed by atoms with Crippen LogP contribution in [0.25, 0.3) is 0 Å². The number of nitrogens with one attached hydrogen (secondary N) is 1. The minimum absolute atomic E-state index is 0.0992. The van der Waals surface area contributed by atoms with E-state index in [2.05, 4.69) is 19.2 Å². The highest BCUT2D eigenvalue weighted by atomic mass is 19.4. The molecule has 18 heavy (non-hydrogen) atoms. The molecule has 1 aliphatic rings. The summed E-state index contributed by atoms with van der Waals surface area (Å²) in [6, 6.07) is 0. The maximum Gasteiger partial charge on any atom is 0.397 e. The average Bonchev–Trinajstić information content (AvgIpc) is 2.18. The number of rotatable bonds is 3. The van der Waals surface area contributed by atoms with Crippen LogP contribution in [0.5, 0.6) is 0 Å². The molecule has 106 valence electrons. The van der Waals surface area contributed by atoms with Crippen molar-refractivity contribution in [1.29, 1.82) is 0 Å². The van der Waals surface area contributed by atoms with E-state index in [9.17, 15) is 23.1 Å². The van der Waals surface area contributed by atoms with E-state index in [1.54, 1.807) is 0 Å². The monoisotopic (exact) mass is 267 g/mol. The van der Waals surface area contributed by atoms with Gasteiger partial charge >= 0.3 is 6.18 Å². The van der Waals surface area contributed by atoms with Gasteiger partial charge < -0.3 is 10.4 Å². The Bertz CT molecular complexity index is 303. The molecule has 1 fully saturated rings. The van der Waals surface area contributed by atoms with Crippen LogP contribution in [0.15, 0.2) is 0 Å². The second kappa shape index (κ2) is 5.07. The zero-order chi connectivity index (χ0) is 14.0. The van der Waals surface area contributed by atoms with Crippen LogP contribution in [0, 0.1) is 5.41 Å². The van der Waals surface area contributed by atoms with Crippen molar-refractivity contribution in [3.63, 3.8) is 0 Å². The van der Waals surface area contributed by atoms with Crippen molar-refractivity contribution in [2.45, 2.75) is 57.7 Å². The number of amides is 1. The molecule has 6 heteroatoms. The van der Waals surface area contributed by atoms with Crippen molar-refractivity contribution in [2.75, 3.05) is 6.54 Å². The quantitative estimate of drug-likeness (QED) is 0.825. The van der Waals surface area contributed by atoms with Crippen molar-refractivity contribution < 1.29 is 23.1 Å². The smallest absolute Gasteiger partial charge is 0.388 e. The highest BCUT2D eigenvalue weighted by Gasteiger charge is 2.37. The van der Waals surface area contributed by atoms with Crippen molar-refractivity contribution in [3.05, 3.63) is 0 Å². The van der Waals surface area contributed by atoms with E-state index in [0.29, 0.717) is 12.8 Å². The normalized spacial score (nSPS) is 22.6. The summed E-state index contributed by atoms with van der Waals surface area (Å²) in [7, 11) is 0. The Hall–Kier alpha value is -0.780. The highest BCUT2D eigenvalue weighted by Crippen LogP contribution is 2.39. The van der Waals surface area contributed by atoms with Crippen LogP contribution < -0.4 is 5.32 Å². The first-order valence-electron chi connectivity index (χ1n) is 6.07. The van der Waals surface area contributed by atoms with Crippen molar-refractivity contribution >= 4 is 5.91 Å². The molecular formula is C12H20F3NO2. The molecule has 0 aromatic heterocycles. The summed E-state index contributed by atoms with van der Waals surface area (Å²) >= 11 is 0. The van der Waals surface area contributed by atoms with Gasteiger partial charge in [-0.25, -0.2) is 0 Å². The molecule has 1 aliphatic carbocycles. The second-order valence-corrected chi connectivity index (χ2v) is 5.96. The van der Waals surface area contributed by atoms with Crippen LogP contribution in [0.2, 0.25) is 0 Å². The van der Waals surface area contributed by atoms with Gasteiger partial charge in [-0.1, -0.05) is 13.8 Å². The number of carbonyl (C=O) groups is 1. The van der Waals surface area contributed by atoms with E-state index in [4.69, 9.17) is 0 Å². The Balaban J connectivity index is 2.37. The number of alkyl halides is 3. The van der Waals surface area contributed by atoms with Gasteiger partial charge in [0.25, 0.3) is 0 Å². The summed E-state index contributed by atoms with van der Waals surface area (Å²) in [6.07, 6.45) is -3.37. The Morgan fingerprint density at radius 2 is 1.72 bits per heavy atom. The highest BCUT2D eigenvalue weighted by molar-refractivity contribution is 5.76. The van der Waals surface area contributed by atoms with E-state index in [1.807, 2.05) is 0 Å². The zero-order valence-corrected chi connectivity index (χ0v) is 10.7. The molecule has 0 atom stereocenters. The van der Waals surface area contributed by atoms with Crippen LogP contribution in [0.1, 0.15) is 46.0 Å². The number of hydrogen-bond donors (Lipinski definition) is 2. The van der Waals surface area contributed by atoms with E-state index in [-0.39, 0.29) is 12.0 Å². The standard InChI is InChI=1S/C12H20F3NO2/c1-10(2)3-5-11(18,6-4-10)8-16-9(17)7-12(13,14)15/h18H,3-8H2,1-2H3,(H,16,17). The molecule has 1 rings (SSSR count). The summed E-state index contributed by atoms with van der Waals surface area (Å²) in [4.78, 5) is 11.0. The first kappa shape index (κ1) is 15.3. The fourth-order valence-corrected chi connectivity index (χ4v) is 2.08. The third kappa shape index (κ3) is 5.25. The molecule has 0 heterocycles. The predicted molar refractivity (Wildman–Crippen MR) is 60.9 cm³/mol. The van der Waals surface area contributed by atoms with E-state index in [0.717, 1.165) is 12.8 Å². The minimum Gasteiger partial charge on any atom is -0.388 e. The largest absolute Gasteiger partial charge is 0.397 e. The summed E-state index contributed by atoms with van der Waals surface area (Å²) in [6.45, 7) is 4.08. The molecule has 1 saturated carbocycles. The SMILES string of the molecule is CC1(C)CCC(O)(CNC(=O)CC(F)(F)F)CC1. The third-order valence-corrected chi connectivity index (χ3v) is 3.51. The van der Waals surface area contributed by atoms with Crippen LogP contribution in [0.4, 0.5) is 13.2 Å². The van der Waals surface area contributed by atoms with Gasteiger partial charge in [0, 0.05) is 6.54 Å². The Morgan fingerprint density at radius 1 is 1.22 bits per heavy atom. The number of carbonyl (C=O) groups excluding carboxylic acids is 1. The molecule has 0 aromatic carbocycles. The second-order valence-electron chi connectivity index (χ2n) is 5.96. The molecule has 0 bridgehead atoms. The molecule has 0 aromatic rings. The van der Waals surface area contributed by atoms with Crippen LogP contribution >= 0.6 is 0 Å². The molecule has 3 nitrogen and oxygen atoms in total. The molecule has 2 N–H and O–H groups in total. The Morgan fingerprint density at radius 3 is 2.17 bits per heavy atom. The maximum absolute atomic E-state index is 11.9. The summed E-state index contributed by atoms with van der Waals surface area (Å²) in [5.41, 5.74) is -0.904.